The Morgan fingerprint density at radius 1 is 0.672 bits per heavy atom. The summed E-state index contributed by atoms with van der Waals surface area (Å²) in [5, 5.41) is 55.1. The highest BCUT2D eigenvalue weighted by Gasteiger charge is 2.53. The minimum absolute atomic E-state index is 0.138. The van der Waals surface area contributed by atoms with E-state index >= 15 is 0 Å². The van der Waals surface area contributed by atoms with E-state index < -0.39 is 106 Å². The van der Waals surface area contributed by atoms with Gasteiger partial charge in [-0.15, -0.1) is 0 Å². The number of aliphatic hydroxyl groups excluding tert-OH is 2. The van der Waals surface area contributed by atoms with Crippen LogP contribution in [0.5, 0.6) is 0 Å². The van der Waals surface area contributed by atoms with Crippen LogP contribution in [0.4, 0.5) is 0 Å². The standard InChI is InChI=1S/C35H67N7O20S2/c1-2-16-60-17-3-6-37-34(53)24(4-5-26(43)36-7-18-61-35-32(52)33(64(57,58)59)31(51)25(62-35)23-63(54,55)56)38-27(44)19-39-8-10-40(20-28(45)46)12-14-42(22-30(49)50)15-13-41(11-9-39)21-29(47)48/h24-25,31-33,35,51-52,54-59H,2-23H2,1H3,(H,36,43)(H,37,53)(H,38,44)(H,45,46)(H,47,48)(H,49,50)/t24-,25?,31?,32?,33?,35?/m1/s1. The number of carbonyl (C=O) groups excluding carboxylic acids is 3. The second-order valence-corrected chi connectivity index (χ2v) is 18.5. The van der Waals surface area contributed by atoms with Crippen molar-refractivity contribution in [3.8, 4) is 0 Å². The van der Waals surface area contributed by atoms with Gasteiger partial charge in [0.05, 0.1) is 60.3 Å². The van der Waals surface area contributed by atoms with Crippen molar-refractivity contribution in [2.24, 2.45) is 0 Å². The molecule has 0 bridgehead atoms. The SMILES string of the molecule is CCCOCCCNC(=O)[C@@H](CCC(=O)NCCOC1OC(CS(O)(O)O)C(O)C(S(O)(O)O)C1O)NC(=O)CN1CCN(CC(=O)O)CCN(CC(=O)O)CCN(CC(=O)O)CC1. The number of aliphatic hydroxyl groups is 2. The average molecular weight is 970 g/mol. The molecule has 2 rings (SSSR count). The quantitative estimate of drug-likeness (QED) is 0.0386. The molecule has 374 valence electrons. The molecular formula is C35H67N7O20S2. The Balaban J connectivity index is 2.12. The topological polar surface area (TPSA) is 402 Å². The first-order chi connectivity index (χ1) is 30.0. The Labute approximate surface area is 373 Å². The second kappa shape index (κ2) is 28.8. The molecular weight excluding hydrogens is 903 g/mol. The molecule has 64 heavy (non-hydrogen) atoms. The number of ether oxygens (including phenoxy) is 3. The maximum absolute atomic E-state index is 13.6. The Morgan fingerprint density at radius 2 is 1.17 bits per heavy atom. The van der Waals surface area contributed by atoms with Crippen molar-refractivity contribution in [1.29, 1.82) is 0 Å². The van der Waals surface area contributed by atoms with Gasteiger partial charge in [0.25, 0.3) is 0 Å². The number of hydrogen-bond acceptors (Lipinski definition) is 21. The molecule has 29 heteroatoms. The number of carbonyl (C=O) groups is 6. The van der Waals surface area contributed by atoms with Gasteiger partial charge in [-0.05, 0) is 19.3 Å². The van der Waals surface area contributed by atoms with Gasteiger partial charge in [-0.2, -0.15) is 0 Å². The van der Waals surface area contributed by atoms with Gasteiger partial charge in [0.2, 0.25) is 17.7 Å². The molecule has 27 nitrogen and oxygen atoms in total. The molecule has 2 aliphatic heterocycles. The summed E-state index contributed by atoms with van der Waals surface area (Å²) < 4.78 is 73.8. The fourth-order valence-electron chi connectivity index (χ4n) is 6.75. The maximum Gasteiger partial charge on any atom is 0.317 e. The van der Waals surface area contributed by atoms with Crippen molar-refractivity contribution >= 4 is 57.4 Å². The molecule has 2 saturated heterocycles. The van der Waals surface area contributed by atoms with Crippen LogP contribution in [0.3, 0.4) is 0 Å². The summed E-state index contributed by atoms with van der Waals surface area (Å²) >= 11 is 0. The molecule has 0 aromatic heterocycles. The number of carboxylic acids is 3. The van der Waals surface area contributed by atoms with E-state index in [4.69, 9.17) is 14.2 Å². The zero-order chi connectivity index (χ0) is 48.0. The molecule has 5 unspecified atom stereocenters. The van der Waals surface area contributed by atoms with Crippen LogP contribution >= 0.6 is 21.7 Å². The summed E-state index contributed by atoms with van der Waals surface area (Å²) in [6, 6.07) is -1.23. The highest BCUT2D eigenvalue weighted by Crippen LogP contribution is 2.48. The van der Waals surface area contributed by atoms with Crippen LogP contribution in [0.15, 0.2) is 0 Å². The average Bonchev–Trinajstić information content (AvgIpc) is 3.17. The summed E-state index contributed by atoms with van der Waals surface area (Å²) in [5.41, 5.74) is 0. The van der Waals surface area contributed by atoms with E-state index in [9.17, 15) is 81.6 Å². The van der Waals surface area contributed by atoms with Gasteiger partial charge in [-0.1, -0.05) is 6.92 Å². The number of nitrogens with zero attached hydrogens (tertiary/aromatic N) is 4. The Hall–Kier alpha value is -3.08. The lowest BCUT2D eigenvalue weighted by Crippen LogP contribution is -2.60. The van der Waals surface area contributed by atoms with Crippen LogP contribution in [-0.2, 0) is 43.0 Å². The van der Waals surface area contributed by atoms with E-state index in [2.05, 4.69) is 16.0 Å². The van der Waals surface area contributed by atoms with E-state index in [0.29, 0.717) is 19.6 Å². The minimum atomic E-state index is -4.66. The Morgan fingerprint density at radius 3 is 1.62 bits per heavy atom. The van der Waals surface area contributed by atoms with Crippen molar-refractivity contribution in [3.63, 3.8) is 0 Å². The summed E-state index contributed by atoms with van der Waals surface area (Å²) in [6.45, 7) is 2.20. The molecule has 0 aromatic carbocycles. The summed E-state index contributed by atoms with van der Waals surface area (Å²) in [4.78, 5) is 81.1. The molecule has 0 aromatic rings. The van der Waals surface area contributed by atoms with Crippen LogP contribution in [0.25, 0.3) is 0 Å². The molecule has 2 fully saturated rings. The zero-order valence-corrected chi connectivity index (χ0v) is 37.4. The van der Waals surface area contributed by atoms with E-state index in [1.165, 1.54) is 0 Å². The lowest BCUT2D eigenvalue weighted by atomic mass is 10.0. The van der Waals surface area contributed by atoms with Crippen molar-refractivity contribution in [2.45, 2.75) is 68.5 Å². The van der Waals surface area contributed by atoms with Crippen LogP contribution in [0, 0.1) is 0 Å². The number of carboxylic acid groups (broad SMARTS) is 3. The van der Waals surface area contributed by atoms with Gasteiger partial charge in [0, 0.05) is 85.1 Å². The lowest BCUT2D eigenvalue weighted by Gasteiger charge is -2.47. The van der Waals surface area contributed by atoms with Crippen LogP contribution in [0.1, 0.15) is 32.6 Å². The minimum Gasteiger partial charge on any atom is -0.480 e. The van der Waals surface area contributed by atoms with Crippen LogP contribution in [0.2, 0.25) is 0 Å². The first kappa shape index (κ1) is 57.0. The number of amides is 3. The molecule has 0 radical (unpaired) electrons. The van der Waals surface area contributed by atoms with Gasteiger partial charge in [0.1, 0.15) is 29.6 Å². The fourth-order valence-corrected chi connectivity index (χ4v) is 8.52. The van der Waals surface area contributed by atoms with E-state index in [0.717, 1.165) is 6.42 Å². The highest BCUT2D eigenvalue weighted by atomic mass is 32.3. The molecule has 14 N–H and O–H groups in total. The van der Waals surface area contributed by atoms with Gasteiger partial charge < -0.3 is 83.0 Å². The summed E-state index contributed by atoms with van der Waals surface area (Å²) in [7, 11) is -8.97. The van der Waals surface area contributed by atoms with E-state index in [1.54, 1.807) is 19.6 Å². The Bertz CT molecular complexity index is 1450. The lowest BCUT2D eigenvalue weighted by molar-refractivity contribution is -0.258. The molecule has 0 saturated carbocycles. The number of aliphatic carboxylic acids is 3. The third kappa shape index (κ3) is 23.4. The van der Waals surface area contributed by atoms with Crippen molar-refractivity contribution in [1.82, 2.24) is 35.6 Å². The first-order valence-corrected chi connectivity index (χ1v) is 23.8. The van der Waals surface area contributed by atoms with Gasteiger partial charge in [0.15, 0.2) is 6.29 Å². The normalized spacial score (nSPS) is 23.8. The smallest absolute Gasteiger partial charge is 0.317 e. The van der Waals surface area contributed by atoms with Gasteiger partial charge in [-0.25, -0.2) is 0 Å². The monoisotopic (exact) mass is 969 g/mol. The van der Waals surface area contributed by atoms with Crippen molar-refractivity contribution in [3.05, 3.63) is 0 Å². The van der Waals surface area contributed by atoms with Gasteiger partial charge in [-0.3, -0.25) is 48.4 Å². The summed E-state index contributed by atoms with van der Waals surface area (Å²) in [5.74, 6) is -6.25. The second-order valence-electron chi connectivity index (χ2n) is 15.3. The third-order valence-electron chi connectivity index (χ3n) is 9.90. The van der Waals surface area contributed by atoms with E-state index in [-0.39, 0.29) is 104 Å². The molecule has 6 atom stereocenters. The van der Waals surface area contributed by atoms with Crippen molar-refractivity contribution in [2.75, 3.05) is 117 Å². The maximum atomic E-state index is 13.6. The molecule has 0 spiro atoms. The molecule has 2 aliphatic rings. The van der Waals surface area contributed by atoms with E-state index in [1.807, 2.05) is 6.92 Å². The van der Waals surface area contributed by atoms with Crippen molar-refractivity contribution < 1.29 is 95.8 Å². The summed E-state index contributed by atoms with van der Waals surface area (Å²) in [6.07, 6.45) is -6.96. The molecule has 2 heterocycles. The molecule has 0 aliphatic carbocycles. The highest BCUT2D eigenvalue weighted by molar-refractivity contribution is 8.20. The number of hydrogen-bond donors (Lipinski definition) is 14. The third-order valence-corrected chi connectivity index (χ3v) is 12.0. The van der Waals surface area contributed by atoms with Crippen LogP contribution < -0.4 is 16.0 Å². The van der Waals surface area contributed by atoms with Gasteiger partial charge >= 0.3 is 17.9 Å². The number of rotatable bonds is 26. The predicted molar refractivity (Wildman–Crippen MR) is 228 cm³/mol. The largest absolute Gasteiger partial charge is 0.480 e. The zero-order valence-electron chi connectivity index (χ0n) is 35.7. The molecule has 3 amide bonds. The fraction of sp³-hybridized carbons (Fsp3) is 0.829. The number of nitrogens with one attached hydrogen (secondary N) is 3. The first-order valence-electron chi connectivity index (χ1n) is 20.6. The Kier molecular flexibility index (Phi) is 25.7. The predicted octanol–water partition coefficient (Wildman–Crippen LogP) is -2.95. The van der Waals surface area contributed by atoms with Crippen LogP contribution in [-0.4, -0.2) is 261 Å².